The van der Waals surface area contributed by atoms with Crippen molar-refractivity contribution >= 4 is 62.0 Å². The zero-order valence-electron chi connectivity index (χ0n) is 15.7. The molecule has 0 saturated carbocycles. The molecule has 150 valence electrons. The van der Waals surface area contributed by atoms with E-state index in [2.05, 4.69) is 31.0 Å². The van der Waals surface area contributed by atoms with Crippen LogP contribution in [0.25, 0.3) is 0 Å². The van der Waals surface area contributed by atoms with Gasteiger partial charge in [-0.05, 0) is 42.5 Å². The molecule has 7 nitrogen and oxygen atoms in total. The summed E-state index contributed by atoms with van der Waals surface area (Å²) in [6.07, 6.45) is 0.0846. The number of methoxy groups -OCH3 is 1. The Kier molecular flexibility index (Phi) is 6.71. The lowest BCUT2D eigenvalue weighted by molar-refractivity contribution is -0.128. The zero-order valence-corrected chi connectivity index (χ0v) is 18.1. The van der Waals surface area contributed by atoms with Gasteiger partial charge in [-0.2, -0.15) is 0 Å². The van der Waals surface area contributed by atoms with Crippen LogP contribution in [0, 0.1) is 0 Å². The lowest BCUT2D eigenvalue weighted by atomic mass is 10.2. The predicted octanol–water partition coefficient (Wildman–Crippen LogP) is 3.83. The number of thioether (sulfide) groups is 1. The van der Waals surface area contributed by atoms with E-state index in [1.807, 2.05) is 12.1 Å². The fourth-order valence-electron chi connectivity index (χ4n) is 2.59. The molecule has 0 aromatic heterocycles. The second kappa shape index (κ2) is 9.23. The number of amides is 2. The summed E-state index contributed by atoms with van der Waals surface area (Å²) in [6.45, 7) is 0. The normalized spacial score (nSPS) is 17.9. The maximum atomic E-state index is 12.7. The highest BCUT2D eigenvalue weighted by Gasteiger charge is 2.34. The molecule has 1 heterocycles. The predicted molar refractivity (Wildman–Crippen MR) is 116 cm³/mol. The molecule has 0 bridgehead atoms. The molecule has 1 aliphatic rings. The summed E-state index contributed by atoms with van der Waals surface area (Å²) in [5.74, 6) is -0.890. The Morgan fingerprint density at radius 1 is 1.24 bits per heavy atom. The summed E-state index contributed by atoms with van der Waals surface area (Å²) in [4.78, 5) is 42.5. The number of rotatable bonds is 4. The lowest BCUT2D eigenvalue weighted by Crippen LogP contribution is -2.43. The third kappa shape index (κ3) is 5.24. The highest BCUT2D eigenvalue weighted by molar-refractivity contribution is 9.10. The van der Waals surface area contributed by atoms with Crippen LogP contribution in [0.3, 0.4) is 0 Å². The Morgan fingerprint density at radius 2 is 1.97 bits per heavy atom. The smallest absolute Gasteiger partial charge is 0.337 e. The van der Waals surface area contributed by atoms with Gasteiger partial charge in [0, 0.05) is 23.6 Å². The van der Waals surface area contributed by atoms with Gasteiger partial charge < -0.3 is 10.1 Å². The van der Waals surface area contributed by atoms with E-state index in [1.165, 1.54) is 23.8 Å². The Hall–Kier alpha value is -2.65. The molecule has 1 unspecified atom stereocenters. The molecule has 2 aromatic rings. The van der Waals surface area contributed by atoms with Crippen molar-refractivity contribution in [3.05, 3.63) is 58.6 Å². The zero-order chi connectivity index (χ0) is 21.0. The minimum Gasteiger partial charge on any atom is -0.465 e. The van der Waals surface area contributed by atoms with Crippen molar-refractivity contribution in [3.8, 4) is 0 Å². The maximum absolute atomic E-state index is 12.7. The summed E-state index contributed by atoms with van der Waals surface area (Å²) in [5, 5.41) is 2.66. The standard InChI is InChI=1S/C20H18BrN3O4S/c1-24-17(25)11-16(18(26)22-15-5-3-4-13(21)10-15)29-20(24)23-14-8-6-12(7-9-14)19(27)28-2/h3-10,16H,11H2,1-2H3,(H,22,26). The fourth-order valence-corrected chi connectivity index (χ4v) is 4.05. The highest BCUT2D eigenvalue weighted by atomic mass is 79.9. The van der Waals surface area contributed by atoms with Crippen LogP contribution in [0.5, 0.6) is 0 Å². The van der Waals surface area contributed by atoms with Gasteiger partial charge in [0.2, 0.25) is 11.8 Å². The average molecular weight is 476 g/mol. The van der Waals surface area contributed by atoms with Crippen molar-refractivity contribution in [1.29, 1.82) is 0 Å². The van der Waals surface area contributed by atoms with Gasteiger partial charge in [-0.3, -0.25) is 14.5 Å². The topological polar surface area (TPSA) is 88.1 Å². The minimum absolute atomic E-state index is 0.0846. The Labute approximate surface area is 180 Å². The molecule has 1 atom stereocenters. The van der Waals surface area contributed by atoms with Crippen LogP contribution in [-0.4, -0.2) is 47.3 Å². The summed E-state index contributed by atoms with van der Waals surface area (Å²) in [6, 6.07) is 13.7. The van der Waals surface area contributed by atoms with Crippen molar-refractivity contribution in [2.75, 3.05) is 19.5 Å². The van der Waals surface area contributed by atoms with Crippen LogP contribution in [0.15, 0.2) is 58.0 Å². The van der Waals surface area contributed by atoms with Crippen molar-refractivity contribution in [2.24, 2.45) is 4.99 Å². The first-order valence-electron chi connectivity index (χ1n) is 8.64. The number of carbonyl (C=O) groups excluding carboxylic acids is 3. The number of nitrogens with one attached hydrogen (secondary N) is 1. The number of amidine groups is 1. The largest absolute Gasteiger partial charge is 0.465 e. The molecule has 0 aliphatic carbocycles. The molecule has 0 spiro atoms. The van der Waals surface area contributed by atoms with E-state index in [4.69, 9.17) is 0 Å². The van der Waals surface area contributed by atoms with Crippen LogP contribution in [0.4, 0.5) is 11.4 Å². The number of halogens is 1. The summed E-state index contributed by atoms with van der Waals surface area (Å²) in [7, 11) is 2.94. The summed E-state index contributed by atoms with van der Waals surface area (Å²) < 4.78 is 5.52. The summed E-state index contributed by atoms with van der Waals surface area (Å²) in [5.41, 5.74) is 1.62. The number of nitrogens with zero attached hydrogens (tertiary/aromatic N) is 2. The van der Waals surface area contributed by atoms with Crippen LogP contribution >= 0.6 is 27.7 Å². The number of hydrogen-bond donors (Lipinski definition) is 1. The Bertz CT molecular complexity index is 978. The Balaban J connectivity index is 1.76. The van der Waals surface area contributed by atoms with Crippen molar-refractivity contribution in [1.82, 2.24) is 4.90 Å². The first-order valence-corrected chi connectivity index (χ1v) is 10.3. The van der Waals surface area contributed by atoms with Gasteiger partial charge in [0.15, 0.2) is 5.17 Å². The van der Waals surface area contributed by atoms with Crippen molar-refractivity contribution < 1.29 is 19.1 Å². The van der Waals surface area contributed by atoms with Gasteiger partial charge in [-0.1, -0.05) is 33.8 Å². The number of anilines is 1. The first-order chi connectivity index (χ1) is 13.9. The summed E-state index contributed by atoms with van der Waals surface area (Å²) >= 11 is 4.59. The van der Waals surface area contributed by atoms with E-state index in [9.17, 15) is 14.4 Å². The molecule has 29 heavy (non-hydrogen) atoms. The fraction of sp³-hybridized carbons (Fsp3) is 0.200. The number of ether oxygens (including phenoxy) is 1. The van der Waals surface area contributed by atoms with Gasteiger partial charge in [0.25, 0.3) is 0 Å². The molecular formula is C20H18BrN3O4S. The molecular weight excluding hydrogens is 458 g/mol. The first kappa shape index (κ1) is 21.1. The van der Waals surface area contributed by atoms with Crippen LogP contribution in [0.2, 0.25) is 0 Å². The van der Waals surface area contributed by atoms with E-state index in [0.29, 0.717) is 22.1 Å². The maximum Gasteiger partial charge on any atom is 0.337 e. The quantitative estimate of drug-likeness (QED) is 0.678. The van der Waals surface area contributed by atoms with E-state index >= 15 is 0 Å². The second-order valence-corrected chi connectivity index (χ2v) is 8.28. The molecule has 1 aliphatic heterocycles. The number of carbonyl (C=O) groups is 3. The molecule has 9 heteroatoms. The molecule has 1 saturated heterocycles. The molecule has 1 N–H and O–H groups in total. The Morgan fingerprint density at radius 3 is 2.62 bits per heavy atom. The third-order valence-corrected chi connectivity index (χ3v) is 5.90. The van der Waals surface area contributed by atoms with E-state index in [1.54, 1.807) is 43.4 Å². The number of benzene rings is 2. The second-order valence-electron chi connectivity index (χ2n) is 6.20. The van der Waals surface area contributed by atoms with Gasteiger partial charge in [-0.25, -0.2) is 9.79 Å². The SMILES string of the molecule is COC(=O)c1ccc(N=C2SC(C(=O)Nc3cccc(Br)c3)CC(=O)N2C)cc1. The van der Waals surface area contributed by atoms with Gasteiger partial charge in [0.05, 0.1) is 18.4 Å². The van der Waals surface area contributed by atoms with Crippen LogP contribution in [0.1, 0.15) is 16.8 Å². The van der Waals surface area contributed by atoms with E-state index in [0.717, 1.165) is 4.47 Å². The number of hydrogen-bond acceptors (Lipinski definition) is 6. The monoisotopic (exact) mass is 475 g/mol. The molecule has 1 fully saturated rings. The van der Waals surface area contributed by atoms with Gasteiger partial charge in [0.1, 0.15) is 5.25 Å². The molecule has 3 rings (SSSR count). The van der Waals surface area contributed by atoms with E-state index in [-0.39, 0.29) is 18.2 Å². The molecule has 2 aromatic carbocycles. The lowest BCUT2D eigenvalue weighted by Gasteiger charge is -2.28. The van der Waals surface area contributed by atoms with Crippen LogP contribution in [-0.2, 0) is 14.3 Å². The number of aliphatic imine (C=N–C) groups is 1. The van der Waals surface area contributed by atoms with E-state index < -0.39 is 11.2 Å². The average Bonchev–Trinajstić information content (AvgIpc) is 2.71. The highest BCUT2D eigenvalue weighted by Crippen LogP contribution is 2.29. The van der Waals surface area contributed by atoms with Gasteiger partial charge in [-0.15, -0.1) is 0 Å². The van der Waals surface area contributed by atoms with Gasteiger partial charge >= 0.3 is 5.97 Å². The molecule has 0 radical (unpaired) electrons. The number of esters is 1. The van der Waals surface area contributed by atoms with Crippen LogP contribution < -0.4 is 5.32 Å². The van der Waals surface area contributed by atoms with Crippen molar-refractivity contribution in [3.63, 3.8) is 0 Å². The third-order valence-electron chi connectivity index (χ3n) is 4.17. The minimum atomic E-state index is -0.592. The molecule has 2 amide bonds. The van der Waals surface area contributed by atoms with Crippen molar-refractivity contribution in [2.45, 2.75) is 11.7 Å².